The van der Waals surface area contributed by atoms with Gasteiger partial charge in [0.25, 0.3) is 11.8 Å². The fourth-order valence-electron chi connectivity index (χ4n) is 3.24. The third kappa shape index (κ3) is 5.14. The number of fused-ring (bicyclic) bond motifs is 1. The number of imide groups is 1. The number of hydrogen-bond donors (Lipinski definition) is 0. The molecule has 1 heterocycles. The highest BCUT2D eigenvalue weighted by atomic mass is 16.5. The summed E-state index contributed by atoms with van der Waals surface area (Å²) in [5, 5.41) is 8.87. The molecule has 2 aromatic rings. The highest BCUT2D eigenvalue weighted by Gasteiger charge is 2.32. The van der Waals surface area contributed by atoms with E-state index in [1.165, 1.54) is 4.90 Å². The number of nitriles is 1. The minimum atomic E-state index is -0.862. The summed E-state index contributed by atoms with van der Waals surface area (Å²) < 4.78 is 5.04. The molecular formula is C23H21N3O5. The number of hydrogen-bond acceptors (Lipinski definition) is 6. The highest BCUT2D eigenvalue weighted by Crippen LogP contribution is 2.20. The summed E-state index contributed by atoms with van der Waals surface area (Å²) in [7, 11) is 0. The van der Waals surface area contributed by atoms with Crippen molar-refractivity contribution in [1.82, 2.24) is 4.90 Å². The van der Waals surface area contributed by atoms with E-state index < -0.39 is 36.8 Å². The molecule has 0 atom stereocenters. The number of carbonyl (C=O) groups is 4. The molecule has 1 aliphatic rings. The van der Waals surface area contributed by atoms with E-state index in [9.17, 15) is 19.2 Å². The average molecular weight is 419 g/mol. The molecular weight excluding hydrogens is 398 g/mol. The number of nitrogens with zero attached hydrogens (tertiary/aromatic N) is 3. The fraction of sp³-hybridized carbons (Fsp3) is 0.261. The zero-order valence-corrected chi connectivity index (χ0v) is 17.0. The highest BCUT2D eigenvalue weighted by molar-refractivity contribution is 6.11. The Kier molecular flexibility index (Phi) is 6.78. The summed E-state index contributed by atoms with van der Waals surface area (Å²) in [5.74, 6) is -2.43. The van der Waals surface area contributed by atoms with E-state index in [0.717, 1.165) is 10.5 Å². The van der Waals surface area contributed by atoms with E-state index in [2.05, 4.69) is 0 Å². The van der Waals surface area contributed by atoms with Crippen LogP contribution in [0.2, 0.25) is 0 Å². The lowest BCUT2D eigenvalue weighted by Gasteiger charge is -2.26. The first-order valence-electron chi connectivity index (χ1n) is 9.73. The third-order valence-corrected chi connectivity index (χ3v) is 4.87. The average Bonchev–Trinajstić information content (AvgIpc) is 2.76. The molecule has 0 aromatic heterocycles. The minimum absolute atomic E-state index is 0.0173. The Bertz CT molecular complexity index is 1060. The summed E-state index contributed by atoms with van der Waals surface area (Å²) in [6.07, 6.45) is 0.132. The van der Waals surface area contributed by atoms with Gasteiger partial charge in [-0.25, -0.2) is 0 Å². The Morgan fingerprint density at radius 3 is 2.55 bits per heavy atom. The zero-order valence-electron chi connectivity index (χ0n) is 17.0. The van der Waals surface area contributed by atoms with Crippen molar-refractivity contribution in [3.05, 3.63) is 65.2 Å². The van der Waals surface area contributed by atoms with Crippen LogP contribution in [0.5, 0.6) is 0 Å². The van der Waals surface area contributed by atoms with Crippen molar-refractivity contribution < 1.29 is 23.9 Å². The molecule has 0 aliphatic carbocycles. The Hall–Kier alpha value is -3.99. The standard InChI is InChI=1S/C23H21N3O5/c1-16-7-9-18(10-8-16)25(12-4-11-24)21(28)15-31-22(29)14-26-20(27)13-17-5-2-3-6-19(17)23(26)30/h2-3,5-10H,4,12-15H2,1H3. The molecule has 0 saturated heterocycles. The van der Waals surface area contributed by atoms with Crippen molar-refractivity contribution in [2.45, 2.75) is 19.8 Å². The van der Waals surface area contributed by atoms with Gasteiger partial charge >= 0.3 is 5.97 Å². The minimum Gasteiger partial charge on any atom is -0.454 e. The molecule has 0 spiro atoms. The van der Waals surface area contributed by atoms with Crippen molar-refractivity contribution in [2.24, 2.45) is 0 Å². The van der Waals surface area contributed by atoms with Gasteiger partial charge in [-0.05, 0) is 30.7 Å². The van der Waals surface area contributed by atoms with E-state index in [4.69, 9.17) is 10.00 Å². The molecule has 1 aliphatic heterocycles. The Morgan fingerprint density at radius 1 is 1.13 bits per heavy atom. The molecule has 0 bridgehead atoms. The van der Waals surface area contributed by atoms with Crippen LogP contribution in [0.3, 0.4) is 0 Å². The molecule has 0 unspecified atom stereocenters. The second-order valence-corrected chi connectivity index (χ2v) is 7.07. The van der Waals surface area contributed by atoms with E-state index in [-0.39, 0.29) is 19.4 Å². The number of amides is 3. The van der Waals surface area contributed by atoms with Crippen molar-refractivity contribution in [2.75, 3.05) is 24.6 Å². The molecule has 2 aromatic carbocycles. The number of esters is 1. The van der Waals surface area contributed by atoms with Crippen LogP contribution in [0.25, 0.3) is 0 Å². The van der Waals surface area contributed by atoms with Gasteiger partial charge in [-0.2, -0.15) is 5.26 Å². The number of anilines is 1. The van der Waals surface area contributed by atoms with E-state index >= 15 is 0 Å². The topological polar surface area (TPSA) is 108 Å². The van der Waals surface area contributed by atoms with E-state index in [0.29, 0.717) is 16.8 Å². The summed E-state index contributed by atoms with van der Waals surface area (Å²) in [6, 6.07) is 15.9. The predicted molar refractivity (Wildman–Crippen MR) is 111 cm³/mol. The number of aryl methyl sites for hydroxylation is 1. The van der Waals surface area contributed by atoms with Crippen molar-refractivity contribution in [3.63, 3.8) is 0 Å². The molecule has 3 amide bonds. The summed E-state index contributed by atoms with van der Waals surface area (Å²) >= 11 is 0. The maximum absolute atomic E-state index is 12.6. The normalized spacial score (nSPS) is 12.7. The van der Waals surface area contributed by atoms with Crippen LogP contribution >= 0.6 is 0 Å². The van der Waals surface area contributed by atoms with Crippen LogP contribution in [0.15, 0.2) is 48.5 Å². The lowest BCUT2D eigenvalue weighted by Crippen LogP contribution is -2.46. The zero-order chi connectivity index (χ0) is 22.4. The quantitative estimate of drug-likeness (QED) is 0.502. The summed E-state index contributed by atoms with van der Waals surface area (Å²) in [4.78, 5) is 51.9. The van der Waals surface area contributed by atoms with Crippen LogP contribution < -0.4 is 4.90 Å². The Labute approximate surface area is 179 Å². The lowest BCUT2D eigenvalue weighted by molar-refractivity contribution is -0.150. The molecule has 0 saturated carbocycles. The first-order chi connectivity index (χ1) is 14.9. The number of carbonyl (C=O) groups excluding carboxylic acids is 4. The van der Waals surface area contributed by atoms with Gasteiger partial charge in [0.1, 0.15) is 6.54 Å². The Balaban J connectivity index is 1.62. The van der Waals surface area contributed by atoms with Gasteiger partial charge in [0.15, 0.2) is 6.61 Å². The summed E-state index contributed by atoms with van der Waals surface area (Å²) in [6.45, 7) is 0.928. The smallest absolute Gasteiger partial charge is 0.326 e. The van der Waals surface area contributed by atoms with Crippen molar-refractivity contribution in [3.8, 4) is 6.07 Å². The molecule has 158 valence electrons. The number of rotatable bonds is 7. The molecule has 8 nitrogen and oxygen atoms in total. The van der Waals surface area contributed by atoms with Gasteiger partial charge < -0.3 is 9.64 Å². The third-order valence-electron chi connectivity index (χ3n) is 4.87. The van der Waals surface area contributed by atoms with E-state index in [1.54, 1.807) is 36.4 Å². The van der Waals surface area contributed by atoms with Crippen LogP contribution in [-0.2, 0) is 25.5 Å². The van der Waals surface area contributed by atoms with Gasteiger partial charge in [0.2, 0.25) is 5.91 Å². The second-order valence-electron chi connectivity index (χ2n) is 7.07. The largest absolute Gasteiger partial charge is 0.454 e. The van der Waals surface area contributed by atoms with Gasteiger partial charge in [0, 0.05) is 17.8 Å². The fourth-order valence-corrected chi connectivity index (χ4v) is 3.24. The van der Waals surface area contributed by atoms with Gasteiger partial charge in [-0.1, -0.05) is 35.9 Å². The van der Waals surface area contributed by atoms with Crippen LogP contribution in [0, 0.1) is 18.3 Å². The SMILES string of the molecule is Cc1ccc(N(CCC#N)C(=O)COC(=O)CN2C(=O)Cc3ccccc3C2=O)cc1. The van der Waals surface area contributed by atoms with Gasteiger partial charge in [0.05, 0.1) is 18.9 Å². The Morgan fingerprint density at radius 2 is 1.84 bits per heavy atom. The van der Waals surface area contributed by atoms with Gasteiger partial charge in [-0.15, -0.1) is 0 Å². The molecule has 31 heavy (non-hydrogen) atoms. The van der Waals surface area contributed by atoms with Crippen molar-refractivity contribution in [1.29, 1.82) is 5.26 Å². The predicted octanol–water partition coefficient (Wildman–Crippen LogP) is 2.01. The van der Waals surface area contributed by atoms with Gasteiger partial charge in [-0.3, -0.25) is 24.1 Å². The second kappa shape index (κ2) is 9.67. The molecule has 0 fully saturated rings. The lowest BCUT2D eigenvalue weighted by atomic mass is 9.98. The first kappa shape index (κ1) is 21.7. The molecule has 0 radical (unpaired) electrons. The van der Waals surface area contributed by atoms with Crippen LogP contribution in [0.1, 0.15) is 27.9 Å². The van der Waals surface area contributed by atoms with Crippen molar-refractivity contribution >= 4 is 29.4 Å². The van der Waals surface area contributed by atoms with Crippen LogP contribution in [0.4, 0.5) is 5.69 Å². The maximum atomic E-state index is 12.6. The van der Waals surface area contributed by atoms with E-state index in [1.807, 2.05) is 25.1 Å². The van der Waals surface area contributed by atoms with Crippen LogP contribution in [-0.4, -0.2) is 48.3 Å². The maximum Gasteiger partial charge on any atom is 0.326 e. The number of benzene rings is 2. The number of ether oxygens (including phenoxy) is 1. The summed E-state index contributed by atoms with van der Waals surface area (Å²) in [5.41, 5.74) is 2.58. The molecule has 0 N–H and O–H groups in total. The molecule has 3 rings (SSSR count). The molecule has 8 heteroatoms. The monoisotopic (exact) mass is 419 g/mol. The first-order valence-corrected chi connectivity index (χ1v) is 9.73.